The zero-order chi connectivity index (χ0) is 19.3. The molecule has 2 rings (SSSR count). The van der Waals surface area contributed by atoms with Crippen LogP contribution in [0.3, 0.4) is 0 Å². The molecule has 2 aromatic carbocycles. The summed E-state index contributed by atoms with van der Waals surface area (Å²) in [7, 11) is 0. The number of benzene rings is 2. The van der Waals surface area contributed by atoms with E-state index >= 15 is 0 Å². The summed E-state index contributed by atoms with van der Waals surface area (Å²) < 4.78 is 26.8. The van der Waals surface area contributed by atoms with Crippen LogP contribution >= 0.6 is 15.9 Å². The number of carbonyl (C=O) groups excluding carboxylic acids is 3. The molecule has 0 fully saturated rings. The standard InChI is InChI=1S/C17H14BrF2N3O3/c18-12-7-10(19)8-13(20)14(12)22-17(26)15(24)11(16(25)23-21)6-9-4-2-1-3-5-9/h1-5,7-8,11H,6,21H2,(H,22,26)(H,23,25). The van der Waals surface area contributed by atoms with Gasteiger partial charge in [-0.1, -0.05) is 30.3 Å². The number of rotatable bonds is 6. The van der Waals surface area contributed by atoms with Crippen LogP contribution in [-0.2, 0) is 20.8 Å². The van der Waals surface area contributed by atoms with Gasteiger partial charge in [-0.25, -0.2) is 14.6 Å². The molecule has 0 aliphatic rings. The summed E-state index contributed by atoms with van der Waals surface area (Å²) in [5.41, 5.74) is 2.07. The molecule has 1 atom stereocenters. The molecule has 2 amide bonds. The predicted molar refractivity (Wildman–Crippen MR) is 93.7 cm³/mol. The number of nitrogens with two attached hydrogens (primary N) is 1. The topological polar surface area (TPSA) is 101 Å². The lowest BCUT2D eigenvalue weighted by molar-refractivity contribution is -0.142. The third-order valence-electron chi connectivity index (χ3n) is 3.53. The largest absolute Gasteiger partial charge is 0.316 e. The summed E-state index contributed by atoms with van der Waals surface area (Å²) in [5, 5.41) is 2.05. The summed E-state index contributed by atoms with van der Waals surface area (Å²) in [6, 6.07) is 10.0. The SMILES string of the molecule is NNC(=O)C(Cc1ccccc1)C(=O)C(=O)Nc1c(F)cc(F)cc1Br. The first-order valence-electron chi connectivity index (χ1n) is 7.37. The molecule has 9 heteroatoms. The fourth-order valence-corrected chi connectivity index (χ4v) is 2.76. The second kappa shape index (κ2) is 8.63. The van der Waals surface area contributed by atoms with Gasteiger partial charge in [0.2, 0.25) is 11.7 Å². The molecule has 136 valence electrons. The van der Waals surface area contributed by atoms with Gasteiger partial charge in [0.25, 0.3) is 5.91 Å². The number of hydrogen-bond donors (Lipinski definition) is 3. The van der Waals surface area contributed by atoms with E-state index in [0.717, 1.165) is 6.07 Å². The Bertz CT molecular complexity index is 823. The first kappa shape index (κ1) is 19.7. The lowest BCUT2D eigenvalue weighted by Crippen LogP contribution is -2.44. The van der Waals surface area contributed by atoms with Crippen molar-refractivity contribution >= 4 is 39.2 Å². The van der Waals surface area contributed by atoms with E-state index in [2.05, 4.69) is 21.2 Å². The van der Waals surface area contributed by atoms with E-state index in [1.807, 2.05) is 5.43 Å². The van der Waals surface area contributed by atoms with E-state index in [1.165, 1.54) is 0 Å². The van der Waals surface area contributed by atoms with Gasteiger partial charge in [-0.15, -0.1) is 0 Å². The molecule has 0 aliphatic heterocycles. The van der Waals surface area contributed by atoms with Crippen LogP contribution in [-0.4, -0.2) is 17.6 Å². The molecule has 0 radical (unpaired) electrons. The minimum absolute atomic E-state index is 0.0663. The fraction of sp³-hybridized carbons (Fsp3) is 0.118. The van der Waals surface area contributed by atoms with Crippen molar-refractivity contribution in [3.8, 4) is 0 Å². The van der Waals surface area contributed by atoms with Gasteiger partial charge in [-0.2, -0.15) is 0 Å². The summed E-state index contributed by atoms with van der Waals surface area (Å²) in [5.74, 6) is -1.42. The first-order chi connectivity index (χ1) is 12.3. The maximum absolute atomic E-state index is 13.8. The van der Waals surface area contributed by atoms with Crippen LogP contribution < -0.4 is 16.6 Å². The maximum Gasteiger partial charge on any atom is 0.292 e. The van der Waals surface area contributed by atoms with Crippen LogP contribution in [0.1, 0.15) is 5.56 Å². The van der Waals surface area contributed by atoms with E-state index in [-0.39, 0.29) is 10.9 Å². The van der Waals surface area contributed by atoms with Gasteiger partial charge in [0.05, 0.1) is 5.69 Å². The highest BCUT2D eigenvalue weighted by Gasteiger charge is 2.32. The first-order valence-corrected chi connectivity index (χ1v) is 8.17. The third kappa shape index (κ3) is 4.70. The van der Waals surface area contributed by atoms with Crippen LogP contribution in [0.5, 0.6) is 0 Å². The molecule has 0 spiro atoms. The highest BCUT2D eigenvalue weighted by atomic mass is 79.9. The van der Waals surface area contributed by atoms with E-state index in [4.69, 9.17) is 5.84 Å². The zero-order valence-corrected chi connectivity index (χ0v) is 14.8. The second-order valence-corrected chi connectivity index (χ2v) is 6.17. The van der Waals surface area contributed by atoms with Crippen LogP contribution in [0.15, 0.2) is 46.9 Å². The van der Waals surface area contributed by atoms with Gasteiger partial charge in [0.1, 0.15) is 11.7 Å². The fourth-order valence-electron chi connectivity index (χ4n) is 2.25. The lowest BCUT2D eigenvalue weighted by Gasteiger charge is -2.15. The normalized spacial score (nSPS) is 11.5. The van der Waals surface area contributed by atoms with Gasteiger partial charge in [-0.05, 0) is 34.0 Å². The number of anilines is 1. The van der Waals surface area contributed by atoms with E-state index in [9.17, 15) is 23.2 Å². The molecule has 6 nitrogen and oxygen atoms in total. The highest BCUT2D eigenvalue weighted by Crippen LogP contribution is 2.27. The Morgan fingerprint density at radius 2 is 1.77 bits per heavy atom. The van der Waals surface area contributed by atoms with Crippen molar-refractivity contribution in [2.75, 3.05) is 5.32 Å². The molecule has 0 heterocycles. The van der Waals surface area contributed by atoms with Gasteiger partial charge < -0.3 is 5.32 Å². The van der Waals surface area contributed by atoms with E-state index < -0.39 is 40.8 Å². The molecule has 26 heavy (non-hydrogen) atoms. The average Bonchev–Trinajstić information content (AvgIpc) is 2.62. The smallest absolute Gasteiger partial charge is 0.292 e. The van der Waals surface area contributed by atoms with Crippen molar-refractivity contribution in [3.05, 3.63) is 64.1 Å². The molecule has 0 aliphatic carbocycles. The van der Waals surface area contributed by atoms with Gasteiger partial charge in [0, 0.05) is 10.5 Å². The van der Waals surface area contributed by atoms with Crippen molar-refractivity contribution in [3.63, 3.8) is 0 Å². The number of carbonyl (C=O) groups is 3. The second-order valence-electron chi connectivity index (χ2n) is 5.31. The van der Waals surface area contributed by atoms with Crippen molar-refractivity contribution in [2.45, 2.75) is 6.42 Å². The van der Waals surface area contributed by atoms with Crippen molar-refractivity contribution in [1.82, 2.24) is 5.43 Å². The van der Waals surface area contributed by atoms with Crippen molar-refractivity contribution < 1.29 is 23.2 Å². The molecule has 0 saturated carbocycles. The van der Waals surface area contributed by atoms with Crippen molar-refractivity contribution in [2.24, 2.45) is 11.8 Å². The Hall–Kier alpha value is -2.65. The Morgan fingerprint density at radius 1 is 1.12 bits per heavy atom. The quantitative estimate of drug-likeness (QED) is 0.217. The molecular formula is C17H14BrF2N3O3. The predicted octanol–water partition coefficient (Wildman–Crippen LogP) is 2.08. The molecule has 0 saturated heterocycles. The number of halogens is 3. The van der Waals surface area contributed by atoms with Gasteiger partial charge in [0.15, 0.2) is 5.82 Å². The summed E-state index contributed by atoms with van der Waals surface area (Å²) >= 11 is 2.90. The molecule has 1 unspecified atom stereocenters. The summed E-state index contributed by atoms with van der Waals surface area (Å²) in [4.78, 5) is 36.5. The summed E-state index contributed by atoms with van der Waals surface area (Å²) in [6.45, 7) is 0. The number of ketones is 1. The highest BCUT2D eigenvalue weighted by molar-refractivity contribution is 9.10. The molecule has 0 aromatic heterocycles. The molecular weight excluding hydrogens is 412 g/mol. The third-order valence-corrected chi connectivity index (χ3v) is 4.15. The molecule has 4 N–H and O–H groups in total. The van der Waals surface area contributed by atoms with Crippen molar-refractivity contribution in [1.29, 1.82) is 0 Å². The van der Waals surface area contributed by atoms with Crippen LogP contribution in [0, 0.1) is 17.6 Å². The number of nitrogens with one attached hydrogen (secondary N) is 2. The minimum atomic E-state index is -1.40. The number of hydrogen-bond acceptors (Lipinski definition) is 4. The number of hydrazine groups is 1. The minimum Gasteiger partial charge on any atom is -0.316 e. The Morgan fingerprint density at radius 3 is 2.35 bits per heavy atom. The lowest BCUT2D eigenvalue weighted by atomic mass is 9.94. The van der Waals surface area contributed by atoms with Crippen LogP contribution in [0.2, 0.25) is 0 Å². The van der Waals surface area contributed by atoms with Gasteiger partial charge in [-0.3, -0.25) is 19.8 Å². The number of amides is 2. The molecule has 0 bridgehead atoms. The Balaban J connectivity index is 2.22. The van der Waals surface area contributed by atoms with Gasteiger partial charge >= 0.3 is 0 Å². The van der Waals surface area contributed by atoms with E-state index in [0.29, 0.717) is 11.6 Å². The zero-order valence-electron chi connectivity index (χ0n) is 13.3. The molecule has 2 aromatic rings. The van der Waals surface area contributed by atoms with Crippen LogP contribution in [0.25, 0.3) is 0 Å². The number of Topliss-reactive ketones (excluding diaryl/α,β-unsaturated/α-hetero) is 1. The van der Waals surface area contributed by atoms with Crippen LogP contribution in [0.4, 0.5) is 14.5 Å². The average molecular weight is 426 g/mol. The maximum atomic E-state index is 13.8. The summed E-state index contributed by atoms with van der Waals surface area (Å²) in [6.07, 6.45) is -0.0663. The Labute approximate surface area is 155 Å². The van der Waals surface area contributed by atoms with E-state index in [1.54, 1.807) is 30.3 Å². The Kier molecular flexibility index (Phi) is 6.53. The monoisotopic (exact) mass is 425 g/mol.